The average molecular weight is 476 g/mol. The average Bonchev–Trinajstić information content (AvgIpc) is 3.48. The van der Waals surface area contributed by atoms with E-state index in [1.165, 1.54) is 36.3 Å². The van der Waals surface area contributed by atoms with Crippen LogP contribution in [-0.2, 0) is 0 Å². The molecule has 34 heavy (non-hydrogen) atoms. The van der Waals surface area contributed by atoms with Crippen LogP contribution in [0.1, 0.15) is 28.8 Å². The molecule has 4 aromatic rings. The zero-order valence-corrected chi connectivity index (χ0v) is 19.3. The standard InChI is InChI=1S/C27H25NO5S/c29-19-7-3-18(4-8-19)27-25(24-22(31)15-20(30)16-23(24)34-27)26(32)17-5-9-21(10-6-17)33-14-13-28-11-1-2-12-28/h3-10,15-16,29-31H,1-2,11-14H2. The normalized spacial score (nSPS) is 14.0. The Morgan fingerprint density at radius 1 is 0.912 bits per heavy atom. The maximum absolute atomic E-state index is 13.7. The number of hydrogen-bond donors (Lipinski definition) is 3. The number of aromatic hydroxyl groups is 3. The van der Waals surface area contributed by atoms with E-state index in [4.69, 9.17) is 4.74 Å². The van der Waals surface area contributed by atoms with Gasteiger partial charge in [-0.1, -0.05) is 0 Å². The number of phenolic OH excluding ortho intramolecular Hbond substituents is 3. The third-order valence-corrected chi connectivity index (χ3v) is 7.29. The van der Waals surface area contributed by atoms with Gasteiger partial charge in [-0.15, -0.1) is 11.3 Å². The van der Waals surface area contributed by atoms with Gasteiger partial charge in [-0.05, 0) is 86.1 Å². The summed E-state index contributed by atoms with van der Waals surface area (Å²) < 4.78 is 6.46. The Hall–Kier alpha value is -3.55. The van der Waals surface area contributed by atoms with Crippen molar-refractivity contribution in [1.82, 2.24) is 4.90 Å². The summed E-state index contributed by atoms with van der Waals surface area (Å²) in [6.07, 6.45) is 2.49. The third kappa shape index (κ3) is 4.44. The number of carbonyl (C=O) groups excluding carboxylic acids is 1. The third-order valence-electron chi connectivity index (χ3n) is 6.10. The van der Waals surface area contributed by atoms with Crippen molar-refractivity contribution in [3.05, 3.63) is 71.8 Å². The summed E-state index contributed by atoms with van der Waals surface area (Å²) in [6, 6.07) is 16.4. The van der Waals surface area contributed by atoms with Gasteiger partial charge in [0.2, 0.25) is 0 Å². The van der Waals surface area contributed by atoms with Gasteiger partial charge in [0.05, 0.1) is 5.56 Å². The first-order valence-electron chi connectivity index (χ1n) is 11.3. The lowest BCUT2D eigenvalue weighted by molar-refractivity contribution is 0.104. The van der Waals surface area contributed by atoms with Crippen molar-refractivity contribution in [3.63, 3.8) is 0 Å². The second kappa shape index (κ2) is 9.37. The molecule has 1 aliphatic rings. The first-order chi connectivity index (χ1) is 16.5. The smallest absolute Gasteiger partial charge is 0.195 e. The molecule has 0 spiro atoms. The van der Waals surface area contributed by atoms with Crippen LogP contribution in [0.3, 0.4) is 0 Å². The van der Waals surface area contributed by atoms with Gasteiger partial charge >= 0.3 is 0 Å². The summed E-state index contributed by atoms with van der Waals surface area (Å²) in [7, 11) is 0. The molecule has 0 amide bonds. The van der Waals surface area contributed by atoms with Crippen LogP contribution < -0.4 is 4.74 Å². The number of benzene rings is 3. The molecule has 0 aliphatic carbocycles. The highest BCUT2D eigenvalue weighted by Crippen LogP contribution is 2.45. The Morgan fingerprint density at radius 3 is 2.32 bits per heavy atom. The maximum Gasteiger partial charge on any atom is 0.195 e. The summed E-state index contributed by atoms with van der Waals surface area (Å²) in [5, 5.41) is 30.6. The highest BCUT2D eigenvalue weighted by molar-refractivity contribution is 7.23. The fourth-order valence-corrected chi connectivity index (χ4v) is 5.63. The van der Waals surface area contributed by atoms with Crippen LogP contribution in [0, 0.1) is 0 Å². The van der Waals surface area contributed by atoms with E-state index < -0.39 is 0 Å². The molecular weight excluding hydrogens is 450 g/mol. The van der Waals surface area contributed by atoms with Crippen LogP contribution in [0.2, 0.25) is 0 Å². The topological polar surface area (TPSA) is 90.2 Å². The van der Waals surface area contributed by atoms with E-state index in [0.29, 0.717) is 38.4 Å². The Balaban J connectivity index is 1.46. The molecule has 1 aliphatic heterocycles. The van der Waals surface area contributed by atoms with E-state index in [0.717, 1.165) is 25.2 Å². The van der Waals surface area contributed by atoms with Crippen molar-refractivity contribution >= 4 is 27.2 Å². The molecule has 3 aromatic carbocycles. The lowest BCUT2D eigenvalue weighted by atomic mass is 9.97. The number of likely N-dealkylation sites (tertiary alicyclic amines) is 1. The summed E-state index contributed by atoms with van der Waals surface area (Å²) in [5.41, 5.74) is 1.58. The van der Waals surface area contributed by atoms with Crippen LogP contribution in [0.5, 0.6) is 23.0 Å². The minimum Gasteiger partial charge on any atom is -0.508 e. The van der Waals surface area contributed by atoms with Crippen molar-refractivity contribution in [2.75, 3.05) is 26.2 Å². The number of rotatable bonds is 7. The van der Waals surface area contributed by atoms with Gasteiger partial charge < -0.3 is 20.1 Å². The number of carbonyl (C=O) groups is 1. The lowest BCUT2D eigenvalue weighted by Gasteiger charge is -2.15. The summed E-state index contributed by atoms with van der Waals surface area (Å²) >= 11 is 1.31. The molecular formula is C27H25NO5S. The lowest BCUT2D eigenvalue weighted by Crippen LogP contribution is -2.25. The molecule has 1 aromatic heterocycles. The van der Waals surface area contributed by atoms with Crippen molar-refractivity contribution in [2.24, 2.45) is 0 Å². The Labute approximate surface area is 201 Å². The molecule has 7 heteroatoms. The molecule has 1 saturated heterocycles. The van der Waals surface area contributed by atoms with Crippen molar-refractivity contribution in [1.29, 1.82) is 0 Å². The van der Waals surface area contributed by atoms with E-state index in [1.807, 2.05) is 0 Å². The highest BCUT2D eigenvalue weighted by Gasteiger charge is 2.24. The minimum absolute atomic E-state index is 0.0714. The van der Waals surface area contributed by atoms with Gasteiger partial charge in [-0.2, -0.15) is 0 Å². The molecule has 0 saturated carbocycles. The van der Waals surface area contributed by atoms with Gasteiger partial charge in [0.15, 0.2) is 5.78 Å². The van der Waals surface area contributed by atoms with Gasteiger partial charge in [0.25, 0.3) is 0 Å². The van der Waals surface area contributed by atoms with E-state index in [9.17, 15) is 20.1 Å². The highest BCUT2D eigenvalue weighted by atomic mass is 32.1. The quantitative estimate of drug-likeness (QED) is 0.311. The second-order valence-corrected chi connectivity index (χ2v) is 9.49. The fourth-order valence-electron chi connectivity index (χ4n) is 4.37. The zero-order chi connectivity index (χ0) is 23.7. The summed E-state index contributed by atoms with van der Waals surface area (Å²) in [6.45, 7) is 3.74. The summed E-state index contributed by atoms with van der Waals surface area (Å²) in [4.78, 5) is 16.7. The first-order valence-corrected chi connectivity index (χ1v) is 12.1. The van der Waals surface area contributed by atoms with Crippen LogP contribution in [0.15, 0.2) is 60.7 Å². The van der Waals surface area contributed by atoms with Crippen LogP contribution in [-0.4, -0.2) is 52.2 Å². The minimum atomic E-state index is -0.237. The molecule has 0 unspecified atom stereocenters. The summed E-state index contributed by atoms with van der Waals surface area (Å²) in [5.74, 6) is 0.370. The van der Waals surface area contributed by atoms with Crippen LogP contribution in [0.25, 0.3) is 20.5 Å². The van der Waals surface area contributed by atoms with E-state index in [2.05, 4.69) is 4.90 Å². The molecule has 6 nitrogen and oxygen atoms in total. The van der Waals surface area contributed by atoms with E-state index in [-0.39, 0.29) is 23.0 Å². The van der Waals surface area contributed by atoms with Gasteiger partial charge in [-0.3, -0.25) is 9.69 Å². The number of ether oxygens (including phenoxy) is 1. The number of phenols is 3. The second-order valence-electron chi connectivity index (χ2n) is 8.44. The SMILES string of the molecule is O=C(c1ccc(OCCN2CCCC2)cc1)c1c(-c2ccc(O)cc2)sc2cc(O)cc(O)c12. The van der Waals surface area contributed by atoms with Crippen molar-refractivity contribution < 1.29 is 24.9 Å². The zero-order valence-electron chi connectivity index (χ0n) is 18.5. The number of nitrogens with zero attached hydrogens (tertiary/aromatic N) is 1. The first kappa shape index (κ1) is 22.3. The Morgan fingerprint density at radius 2 is 1.62 bits per heavy atom. The monoisotopic (exact) mass is 475 g/mol. The molecule has 5 rings (SSSR count). The predicted molar refractivity (Wildman–Crippen MR) is 133 cm³/mol. The number of thiophene rings is 1. The largest absolute Gasteiger partial charge is 0.508 e. The van der Waals surface area contributed by atoms with Crippen LogP contribution >= 0.6 is 11.3 Å². The Kier molecular flexibility index (Phi) is 6.13. The van der Waals surface area contributed by atoms with Crippen LogP contribution in [0.4, 0.5) is 0 Å². The maximum atomic E-state index is 13.7. The molecule has 0 radical (unpaired) electrons. The van der Waals surface area contributed by atoms with Crippen molar-refractivity contribution in [2.45, 2.75) is 12.8 Å². The van der Waals surface area contributed by atoms with Gasteiger partial charge in [-0.25, -0.2) is 0 Å². The molecule has 2 heterocycles. The molecule has 174 valence electrons. The van der Waals surface area contributed by atoms with E-state index in [1.54, 1.807) is 48.5 Å². The fraction of sp³-hybridized carbons (Fsp3) is 0.222. The number of hydrogen-bond acceptors (Lipinski definition) is 7. The number of ketones is 1. The Bertz CT molecular complexity index is 1320. The number of fused-ring (bicyclic) bond motifs is 1. The van der Waals surface area contributed by atoms with Gasteiger partial charge in [0.1, 0.15) is 29.6 Å². The molecule has 0 bridgehead atoms. The molecule has 0 atom stereocenters. The van der Waals surface area contributed by atoms with E-state index >= 15 is 0 Å². The van der Waals surface area contributed by atoms with Crippen molar-refractivity contribution in [3.8, 4) is 33.4 Å². The van der Waals surface area contributed by atoms with Gasteiger partial charge in [0, 0.05) is 33.1 Å². The molecule has 1 fully saturated rings. The molecule has 3 N–H and O–H groups in total. The predicted octanol–water partition coefficient (Wildman–Crippen LogP) is 5.39.